The smallest absolute Gasteiger partial charge is 0.125 e. The van der Waals surface area contributed by atoms with Crippen molar-refractivity contribution in [3.8, 4) is 0 Å². The summed E-state index contributed by atoms with van der Waals surface area (Å²) in [7, 11) is 0. The lowest BCUT2D eigenvalue weighted by molar-refractivity contribution is -0.0409. The second-order valence-corrected chi connectivity index (χ2v) is 11.5. The number of nitrogens with zero attached hydrogens (tertiary/aromatic N) is 3. The summed E-state index contributed by atoms with van der Waals surface area (Å²) in [6.45, 7) is 3.83. The van der Waals surface area contributed by atoms with Crippen molar-refractivity contribution >= 4 is 22.6 Å². The Morgan fingerprint density at radius 2 is 1.71 bits per heavy atom. The number of hydrogen-bond donors (Lipinski definition) is 0. The van der Waals surface area contributed by atoms with Crippen molar-refractivity contribution in [1.29, 1.82) is 0 Å². The summed E-state index contributed by atoms with van der Waals surface area (Å²) in [4.78, 5) is 7.96. The molecule has 0 amide bonds. The zero-order chi connectivity index (χ0) is 20.9. The first kappa shape index (κ1) is 20.5. The molecular formula is C27H38ClN3. The first-order valence-electron chi connectivity index (χ1n) is 13.0. The highest BCUT2D eigenvalue weighted by atomic mass is 35.5. The van der Waals surface area contributed by atoms with Gasteiger partial charge in [-0.25, -0.2) is 4.98 Å². The van der Waals surface area contributed by atoms with Crippen LogP contribution < -0.4 is 0 Å². The Labute approximate surface area is 192 Å². The van der Waals surface area contributed by atoms with Gasteiger partial charge >= 0.3 is 0 Å². The molecule has 2 aliphatic heterocycles. The predicted molar refractivity (Wildman–Crippen MR) is 128 cm³/mol. The van der Waals surface area contributed by atoms with Gasteiger partial charge in [-0.15, -0.1) is 11.6 Å². The quantitative estimate of drug-likeness (QED) is 0.490. The van der Waals surface area contributed by atoms with Gasteiger partial charge in [-0.3, -0.25) is 4.90 Å². The Hall–Kier alpha value is -1.06. The zero-order valence-corrected chi connectivity index (χ0v) is 19.8. The summed E-state index contributed by atoms with van der Waals surface area (Å²) in [5, 5.41) is 0. The molecule has 0 radical (unpaired) electrons. The molecule has 2 aromatic rings. The molecule has 4 bridgehead atoms. The fraction of sp³-hybridized carbons (Fsp3) is 0.741. The van der Waals surface area contributed by atoms with E-state index in [1.165, 1.54) is 76.3 Å². The van der Waals surface area contributed by atoms with E-state index in [0.717, 1.165) is 47.1 Å². The number of hydrogen-bond acceptors (Lipinski definition) is 2. The van der Waals surface area contributed by atoms with Crippen molar-refractivity contribution in [3.63, 3.8) is 0 Å². The summed E-state index contributed by atoms with van der Waals surface area (Å²) in [6, 6.07) is 10.8. The van der Waals surface area contributed by atoms with E-state index in [2.05, 4.69) is 40.7 Å². The van der Waals surface area contributed by atoms with E-state index in [0.29, 0.717) is 11.9 Å². The largest absolute Gasteiger partial charge is 0.323 e. The number of rotatable bonds is 3. The van der Waals surface area contributed by atoms with E-state index in [9.17, 15) is 0 Å². The summed E-state index contributed by atoms with van der Waals surface area (Å²) in [5.74, 6) is 5.12. The highest BCUT2D eigenvalue weighted by Crippen LogP contribution is 2.48. The Bertz CT molecular complexity index is 910. The van der Waals surface area contributed by atoms with Gasteiger partial charge in [0.25, 0.3) is 0 Å². The van der Waals surface area contributed by atoms with Crippen molar-refractivity contribution in [2.45, 2.75) is 95.1 Å². The van der Waals surface area contributed by atoms with Gasteiger partial charge < -0.3 is 4.57 Å². The third-order valence-electron chi connectivity index (χ3n) is 9.48. The molecule has 1 unspecified atom stereocenters. The number of halogens is 1. The van der Waals surface area contributed by atoms with Crippen LogP contribution in [0.2, 0.25) is 0 Å². The van der Waals surface area contributed by atoms with Crippen LogP contribution in [0.3, 0.4) is 0 Å². The Morgan fingerprint density at radius 1 is 0.935 bits per heavy atom. The fourth-order valence-electron chi connectivity index (χ4n) is 8.10. The minimum atomic E-state index is 0.508. The monoisotopic (exact) mass is 439 g/mol. The second kappa shape index (κ2) is 8.37. The molecule has 0 spiro atoms. The molecule has 1 aromatic heterocycles. The van der Waals surface area contributed by atoms with Gasteiger partial charge in [0.2, 0.25) is 0 Å². The molecule has 7 atom stereocenters. The lowest BCUT2D eigenvalue weighted by Crippen LogP contribution is -2.57. The van der Waals surface area contributed by atoms with E-state index in [4.69, 9.17) is 16.6 Å². The van der Waals surface area contributed by atoms with E-state index >= 15 is 0 Å². The van der Waals surface area contributed by atoms with Crippen LogP contribution in [0.25, 0.3) is 11.0 Å². The third-order valence-corrected chi connectivity index (χ3v) is 9.72. The topological polar surface area (TPSA) is 21.1 Å². The maximum atomic E-state index is 6.44. The third kappa shape index (κ3) is 3.64. The van der Waals surface area contributed by atoms with E-state index in [1.807, 2.05) is 0 Å². The predicted octanol–water partition coefficient (Wildman–Crippen LogP) is 6.80. The Morgan fingerprint density at radius 3 is 2.52 bits per heavy atom. The molecule has 31 heavy (non-hydrogen) atoms. The van der Waals surface area contributed by atoms with Crippen molar-refractivity contribution in [1.82, 2.24) is 14.5 Å². The van der Waals surface area contributed by atoms with Gasteiger partial charge in [0, 0.05) is 24.7 Å². The first-order chi connectivity index (χ1) is 15.2. The first-order valence-corrected chi connectivity index (χ1v) is 13.5. The number of benzene rings is 1. The molecular weight excluding hydrogens is 402 g/mol. The molecule has 2 saturated heterocycles. The molecule has 7 rings (SSSR count). The average Bonchev–Trinajstić information content (AvgIpc) is 3.15. The number of piperidine rings is 1. The van der Waals surface area contributed by atoms with E-state index in [-0.39, 0.29) is 0 Å². The van der Waals surface area contributed by atoms with Gasteiger partial charge in [-0.05, 0) is 74.3 Å². The maximum absolute atomic E-state index is 6.44. The molecule has 4 heteroatoms. The number of imidazole rings is 1. The highest BCUT2D eigenvalue weighted by Gasteiger charge is 2.45. The number of fused-ring (bicyclic) bond motifs is 8. The molecule has 3 heterocycles. The molecule has 3 aliphatic carbocycles. The minimum absolute atomic E-state index is 0.508. The highest BCUT2D eigenvalue weighted by molar-refractivity contribution is 6.16. The van der Waals surface area contributed by atoms with Crippen molar-refractivity contribution in [2.75, 3.05) is 6.54 Å². The Balaban J connectivity index is 1.34. The fourth-order valence-corrected chi connectivity index (χ4v) is 8.29. The molecule has 5 aliphatic rings. The maximum Gasteiger partial charge on any atom is 0.125 e. The molecule has 3 saturated carbocycles. The zero-order valence-electron chi connectivity index (χ0n) is 19.1. The molecule has 3 nitrogen and oxygen atoms in total. The van der Waals surface area contributed by atoms with Gasteiger partial charge in [-0.2, -0.15) is 0 Å². The number of aromatic nitrogens is 2. The van der Waals surface area contributed by atoms with Gasteiger partial charge in [0.1, 0.15) is 5.82 Å². The summed E-state index contributed by atoms with van der Waals surface area (Å²) < 4.78 is 2.56. The second-order valence-electron chi connectivity index (χ2n) is 11.3. The van der Waals surface area contributed by atoms with Crippen molar-refractivity contribution in [3.05, 3.63) is 30.1 Å². The number of para-hydroxylation sites is 2. The van der Waals surface area contributed by atoms with Crippen LogP contribution in [-0.4, -0.2) is 33.1 Å². The summed E-state index contributed by atoms with van der Waals surface area (Å²) >= 11 is 6.44. The van der Waals surface area contributed by atoms with Crippen LogP contribution in [0.5, 0.6) is 0 Å². The normalized spacial score (nSPS) is 38.8. The standard InChI is InChI=1S/C27H38ClN3/c1-18-6-4-9-21-17-30(22-13-19-7-5-8-20(12-19)14-22)25(18)15-26(21)31-24-11-3-2-10-23(24)29-27(31)16-28/h2-3,10-11,18-22,25-26H,4-9,12-17H2,1H3/t18-,19-,20+,21?,22+,25+,26+/m1/s1. The van der Waals surface area contributed by atoms with Crippen LogP contribution in [0.15, 0.2) is 24.3 Å². The van der Waals surface area contributed by atoms with E-state index in [1.54, 1.807) is 0 Å². The van der Waals surface area contributed by atoms with E-state index < -0.39 is 0 Å². The summed E-state index contributed by atoms with van der Waals surface area (Å²) in [5.41, 5.74) is 2.40. The van der Waals surface area contributed by atoms with Gasteiger partial charge in [0.15, 0.2) is 0 Å². The van der Waals surface area contributed by atoms with Crippen LogP contribution >= 0.6 is 11.6 Å². The van der Waals surface area contributed by atoms with Crippen LogP contribution in [0.1, 0.15) is 83.0 Å². The van der Waals surface area contributed by atoms with Crippen molar-refractivity contribution < 1.29 is 0 Å². The molecule has 0 N–H and O–H groups in total. The number of alkyl halides is 1. The summed E-state index contributed by atoms with van der Waals surface area (Å²) in [6.07, 6.45) is 14.4. The SMILES string of the molecule is C[C@@H]1CCCC2CN([C@H]3C[C@@H]4CCC[C@@H](C4)C3)[C@H]1C[C@@H]2n1c(CCl)nc2ccccc21. The van der Waals surface area contributed by atoms with Crippen LogP contribution in [0.4, 0.5) is 0 Å². The molecule has 5 fully saturated rings. The lowest BCUT2D eigenvalue weighted by atomic mass is 9.68. The lowest BCUT2D eigenvalue weighted by Gasteiger charge is -2.54. The average molecular weight is 440 g/mol. The van der Waals surface area contributed by atoms with Gasteiger partial charge in [0.05, 0.1) is 16.9 Å². The minimum Gasteiger partial charge on any atom is -0.323 e. The molecule has 168 valence electrons. The Kier molecular flexibility index (Phi) is 5.55. The molecule has 1 aromatic carbocycles. The van der Waals surface area contributed by atoms with Crippen LogP contribution in [0, 0.1) is 23.7 Å². The van der Waals surface area contributed by atoms with Crippen LogP contribution in [-0.2, 0) is 5.88 Å². The van der Waals surface area contributed by atoms with Gasteiger partial charge in [-0.1, -0.05) is 44.7 Å². The van der Waals surface area contributed by atoms with Crippen molar-refractivity contribution in [2.24, 2.45) is 23.7 Å².